The van der Waals surface area contributed by atoms with Crippen LogP contribution in [0.2, 0.25) is 0 Å². The van der Waals surface area contributed by atoms with E-state index in [4.69, 9.17) is 15.6 Å². The van der Waals surface area contributed by atoms with Gasteiger partial charge in [-0.15, -0.1) is 0 Å². The van der Waals surface area contributed by atoms with Gasteiger partial charge in [-0.2, -0.15) is 0 Å². The van der Waals surface area contributed by atoms with Crippen LogP contribution in [0.5, 0.6) is 0 Å². The van der Waals surface area contributed by atoms with Crippen molar-refractivity contribution in [2.75, 3.05) is 13.7 Å². The number of hydrogen-bond donors (Lipinski definition) is 3. The van der Waals surface area contributed by atoms with Crippen molar-refractivity contribution in [2.24, 2.45) is 10.7 Å². The average Bonchev–Trinajstić information content (AvgIpc) is 2.38. The highest BCUT2D eigenvalue weighted by Crippen LogP contribution is 2.11. The van der Waals surface area contributed by atoms with Crippen LogP contribution in [-0.4, -0.2) is 30.8 Å². The highest BCUT2D eigenvalue weighted by atomic mass is 19.1. The standard InChI is InChI=1S/C13H20FN3O2/c1-9(8-19-2)17-13(15)16-6-10-3-4-12(14)11(5-10)7-18/h3-5,9,18H,6-8H2,1-2H3,(H3,15,16,17). The van der Waals surface area contributed by atoms with E-state index in [1.807, 2.05) is 6.92 Å². The van der Waals surface area contributed by atoms with Crippen LogP contribution in [0.1, 0.15) is 18.1 Å². The molecule has 0 aromatic heterocycles. The monoisotopic (exact) mass is 269 g/mol. The van der Waals surface area contributed by atoms with Gasteiger partial charge < -0.3 is 20.9 Å². The molecule has 0 aliphatic heterocycles. The molecule has 5 nitrogen and oxygen atoms in total. The fourth-order valence-corrected chi connectivity index (χ4v) is 1.61. The molecule has 1 aromatic rings. The predicted molar refractivity (Wildman–Crippen MR) is 72.1 cm³/mol. The van der Waals surface area contributed by atoms with Crippen LogP contribution in [0.25, 0.3) is 0 Å². The Morgan fingerprint density at radius 1 is 1.58 bits per heavy atom. The Balaban J connectivity index is 2.59. The summed E-state index contributed by atoms with van der Waals surface area (Å²) in [4.78, 5) is 4.15. The Hall–Kier alpha value is -1.66. The van der Waals surface area contributed by atoms with Gasteiger partial charge in [-0.1, -0.05) is 6.07 Å². The number of ether oxygens (including phenoxy) is 1. The minimum Gasteiger partial charge on any atom is -0.392 e. The summed E-state index contributed by atoms with van der Waals surface area (Å²) in [6, 6.07) is 4.57. The molecular formula is C13H20FN3O2. The number of guanidine groups is 1. The molecule has 4 N–H and O–H groups in total. The second-order valence-corrected chi connectivity index (χ2v) is 4.29. The molecule has 6 heteroatoms. The average molecular weight is 269 g/mol. The number of aliphatic hydroxyl groups is 1. The van der Waals surface area contributed by atoms with Crippen molar-refractivity contribution >= 4 is 5.96 Å². The first-order valence-electron chi connectivity index (χ1n) is 6.00. The van der Waals surface area contributed by atoms with Crippen molar-refractivity contribution in [3.63, 3.8) is 0 Å². The number of halogens is 1. The number of methoxy groups -OCH3 is 1. The lowest BCUT2D eigenvalue weighted by Gasteiger charge is -2.13. The Morgan fingerprint density at radius 3 is 2.95 bits per heavy atom. The molecule has 0 saturated carbocycles. The van der Waals surface area contributed by atoms with Crippen molar-refractivity contribution in [2.45, 2.75) is 26.1 Å². The largest absolute Gasteiger partial charge is 0.392 e. The maximum absolute atomic E-state index is 13.2. The number of aliphatic hydroxyl groups excluding tert-OH is 1. The number of hydrogen-bond acceptors (Lipinski definition) is 3. The van der Waals surface area contributed by atoms with Gasteiger partial charge in [0.25, 0.3) is 0 Å². The molecule has 0 radical (unpaired) electrons. The minimum atomic E-state index is -0.421. The molecule has 0 heterocycles. The molecule has 0 bridgehead atoms. The highest BCUT2D eigenvalue weighted by Gasteiger charge is 2.04. The van der Waals surface area contributed by atoms with Gasteiger partial charge in [0.2, 0.25) is 0 Å². The fraction of sp³-hybridized carbons (Fsp3) is 0.462. The van der Waals surface area contributed by atoms with Crippen molar-refractivity contribution < 1.29 is 14.2 Å². The summed E-state index contributed by atoms with van der Waals surface area (Å²) in [5.74, 6) is -0.116. The Kier molecular flexibility index (Phi) is 6.24. The molecule has 1 aromatic carbocycles. The molecule has 0 saturated heterocycles. The second kappa shape index (κ2) is 7.70. The molecular weight excluding hydrogens is 249 g/mol. The lowest BCUT2D eigenvalue weighted by molar-refractivity contribution is 0.179. The second-order valence-electron chi connectivity index (χ2n) is 4.29. The third-order valence-corrected chi connectivity index (χ3v) is 2.52. The Labute approximate surface area is 112 Å². The Bertz CT molecular complexity index is 438. The van der Waals surface area contributed by atoms with Crippen molar-refractivity contribution in [1.29, 1.82) is 0 Å². The van der Waals surface area contributed by atoms with E-state index in [2.05, 4.69) is 10.3 Å². The first-order chi connectivity index (χ1) is 9.06. The van der Waals surface area contributed by atoms with E-state index in [-0.39, 0.29) is 18.2 Å². The summed E-state index contributed by atoms with van der Waals surface area (Å²) < 4.78 is 18.1. The number of aliphatic imine (C=N–C) groups is 1. The van der Waals surface area contributed by atoms with Gasteiger partial charge in [0.05, 0.1) is 19.8 Å². The quantitative estimate of drug-likeness (QED) is 0.526. The summed E-state index contributed by atoms with van der Waals surface area (Å²) >= 11 is 0. The number of rotatable bonds is 6. The third-order valence-electron chi connectivity index (χ3n) is 2.52. The van der Waals surface area contributed by atoms with E-state index < -0.39 is 5.82 Å². The maximum atomic E-state index is 13.2. The van der Waals surface area contributed by atoms with Gasteiger partial charge in [-0.25, -0.2) is 9.38 Å². The normalized spacial score (nSPS) is 13.4. The minimum absolute atomic E-state index is 0.0648. The van der Waals surface area contributed by atoms with E-state index in [0.717, 1.165) is 5.56 Å². The molecule has 1 rings (SSSR count). The van der Waals surface area contributed by atoms with Crippen LogP contribution in [0, 0.1) is 5.82 Å². The predicted octanol–water partition coefficient (Wildman–Crippen LogP) is 0.757. The van der Waals surface area contributed by atoms with Crippen LogP contribution in [0.3, 0.4) is 0 Å². The lowest BCUT2D eigenvalue weighted by atomic mass is 10.1. The van der Waals surface area contributed by atoms with E-state index in [1.165, 1.54) is 6.07 Å². The lowest BCUT2D eigenvalue weighted by Crippen LogP contribution is -2.40. The van der Waals surface area contributed by atoms with E-state index in [0.29, 0.717) is 19.1 Å². The third kappa shape index (κ3) is 5.23. The molecule has 106 valence electrons. The van der Waals surface area contributed by atoms with Gasteiger partial charge in [0, 0.05) is 18.7 Å². The Morgan fingerprint density at radius 2 is 2.32 bits per heavy atom. The van der Waals surface area contributed by atoms with E-state index in [1.54, 1.807) is 19.2 Å². The summed E-state index contributed by atoms with van der Waals surface area (Å²) in [5, 5.41) is 11.9. The number of benzene rings is 1. The maximum Gasteiger partial charge on any atom is 0.189 e. The topological polar surface area (TPSA) is 79.9 Å². The van der Waals surface area contributed by atoms with Crippen molar-refractivity contribution in [3.8, 4) is 0 Å². The molecule has 0 amide bonds. The van der Waals surface area contributed by atoms with Crippen LogP contribution in [0.15, 0.2) is 23.2 Å². The SMILES string of the molecule is COCC(C)NC(N)=NCc1ccc(F)c(CO)c1. The summed E-state index contributed by atoms with van der Waals surface area (Å²) in [6.07, 6.45) is 0. The van der Waals surface area contributed by atoms with E-state index in [9.17, 15) is 4.39 Å². The molecule has 0 fully saturated rings. The fourth-order valence-electron chi connectivity index (χ4n) is 1.61. The number of nitrogens with two attached hydrogens (primary N) is 1. The molecule has 1 unspecified atom stereocenters. The zero-order chi connectivity index (χ0) is 14.3. The molecule has 0 spiro atoms. The van der Waals surface area contributed by atoms with Crippen molar-refractivity contribution in [3.05, 3.63) is 35.1 Å². The van der Waals surface area contributed by atoms with Crippen LogP contribution in [-0.2, 0) is 17.9 Å². The van der Waals surface area contributed by atoms with Crippen molar-refractivity contribution in [1.82, 2.24) is 5.32 Å². The molecule has 19 heavy (non-hydrogen) atoms. The molecule has 1 atom stereocenters. The summed E-state index contributed by atoms with van der Waals surface area (Å²) in [7, 11) is 1.61. The number of nitrogens with one attached hydrogen (secondary N) is 1. The highest BCUT2D eigenvalue weighted by molar-refractivity contribution is 5.78. The van der Waals surface area contributed by atoms with Gasteiger partial charge in [0.15, 0.2) is 5.96 Å². The number of nitrogens with zero attached hydrogens (tertiary/aromatic N) is 1. The van der Waals surface area contributed by atoms with E-state index >= 15 is 0 Å². The van der Waals surface area contributed by atoms with Gasteiger partial charge in [-0.3, -0.25) is 0 Å². The van der Waals surface area contributed by atoms with Gasteiger partial charge in [0.1, 0.15) is 5.82 Å². The van der Waals surface area contributed by atoms with Gasteiger partial charge in [-0.05, 0) is 24.6 Å². The smallest absolute Gasteiger partial charge is 0.189 e. The van der Waals surface area contributed by atoms with Crippen LogP contribution >= 0.6 is 0 Å². The zero-order valence-corrected chi connectivity index (χ0v) is 11.2. The summed E-state index contributed by atoms with van der Waals surface area (Å²) in [6.45, 7) is 2.45. The first kappa shape index (κ1) is 15.4. The van der Waals surface area contributed by atoms with Crippen LogP contribution in [0.4, 0.5) is 4.39 Å². The summed E-state index contributed by atoms with van der Waals surface area (Å²) in [5.41, 5.74) is 6.76. The van der Waals surface area contributed by atoms with Gasteiger partial charge >= 0.3 is 0 Å². The first-order valence-corrected chi connectivity index (χ1v) is 6.00. The van der Waals surface area contributed by atoms with Crippen LogP contribution < -0.4 is 11.1 Å². The molecule has 0 aliphatic rings. The molecule has 0 aliphatic carbocycles. The zero-order valence-electron chi connectivity index (χ0n) is 11.2.